The molecule has 0 radical (unpaired) electrons. The Labute approximate surface area is 181 Å². The molecule has 3 N–H and O–H groups in total. The first-order valence-corrected chi connectivity index (χ1v) is 10.5. The summed E-state index contributed by atoms with van der Waals surface area (Å²) in [7, 11) is 0. The molecule has 4 rings (SSSR count). The molecular formula is C23H24ClN5O. The van der Waals surface area contributed by atoms with Crippen LogP contribution in [0.1, 0.15) is 18.4 Å². The number of carbonyl (C=O) groups excluding carboxylic acids is 1. The summed E-state index contributed by atoms with van der Waals surface area (Å²) in [5, 5.41) is 10.1. The maximum Gasteiger partial charge on any atom is 0.229 e. The lowest BCUT2D eigenvalue weighted by Gasteiger charge is -2.21. The topological polar surface area (TPSA) is 78.9 Å². The predicted molar refractivity (Wildman–Crippen MR) is 120 cm³/mol. The Hall–Kier alpha value is -2.96. The Morgan fingerprint density at radius 1 is 1.20 bits per heavy atom. The van der Waals surface area contributed by atoms with Crippen molar-refractivity contribution in [1.82, 2.24) is 15.3 Å². The number of benzene rings is 1. The van der Waals surface area contributed by atoms with E-state index in [2.05, 4.69) is 25.9 Å². The molecule has 3 heterocycles. The van der Waals surface area contributed by atoms with Gasteiger partial charge in [-0.25, -0.2) is 4.98 Å². The van der Waals surface area contributed by atoms with Crippen LogP contribution in [-0.2, 0) is 11.3 Å². The summed E-state index contributed by atoms with van der Waals surface area (Å²) in [6.45, 7) is 2.35. The number of aromatic nitrogens is 2. The number of nitrogens with one attached hydrogen (secondary N) is 3. The van der Waals surface area contributed by atoms with Crippen LogP contribution in [0.3, 0.4) is 0 Å². The van der Waals surface area contributed by atoms with E-state index >= 15 is 0 Å². The Kier molecular flexibility index (Phi) is 6.57. The average molecular weight is 422 g/mol. The molecule has 3 aromatic rings. The third-order valence-corrected chi connectivity index (χ3v) is 5.47. The van der Waals surface area contributed by atoms with Crippen LogP contribution in [0.2, 0.25) is 5.02 Å². The molecule has 6 nitrogen and oxygen atoms in total. The van der Waals surface area contributed by atoms with Crippen molar-refractivity contribution >= 4 is 29.0 Å². The van der Waals surface area contributed by atoms with Gasteiger partial charge >= 0.3 is 0 Å². The van der Waals surface area contributed by atoms with Crippen molar-refractivity contribution in [3.63, 3.8) is 0 Å². The molecule has 0 bridgehead atoms. The monoisotopic (exact) mass is 421 g/mol. The quantitative estimate of drug-likeness (QED) is 0.551. The normalized spacial score (nSPS) is 16.1. The van der Waals surface area contributed by atoms with Gasteiger partial charge in [-0.15, -0.1) is 0 Å². The molecule has 0 aliphatic carbocycles. The maximum atomic E-state index is 12.5. The highest BCUT2D eigenvalue weighted by atomic mass is 35.5. The van der Waals surface area contributed by atoms with Gasteiger partial charge in [-0.2, -0.15) is 0 Å². The predicted octanol–water partition coefficient (Wildman–Crippen LogP) is 4.35. The molecule has 1 saturated heterocycles. The average Bonchev–Trinajstić information content (AvgIpc) is 2.80. The molecule has 1 aliphatic rings. The smallest absolute Gasteiger partial charge is 0.229 e. The molecule has 2 aromatic heterocycles. The second-order valence-electron chi connectivity index (χ2n) is 7.38. The summed E-state index contributed by atoms with van der Waals surface area (Å²) in [6.07, 6.45) is 7.09. The molecular weight excluding hydrogens is 398 g/mol. The third kappa shape index (κ3) is 5.14. The minimum Gasteiger partial charge on any atom is -0.381 e. The highest BCUT2D eigenvalue weighted by molar-refractivity contribution is 6.33. The number of carbonyl (C=O) groups is 1. The molecule has 1 aromatic carbocycles. The Bertz CT molecular complexity index is 1010. The third-order valence-electron chi connectivity index (χ3n) is 5.17. The second-order valence-corrected chi connectivity index (χ2v) is 7.78. The fourth-order valence-electron chi connectivity index (χ4n) is 3.54. The van der Waals surface area contributed by atoms with Gasteiger partial charge < -0.3 is 16.0 Å². The van der Waals surface area contributed by atoms with Crippen molar-refractivity contribution in [1.29, 1.82) is 0 Å². The molecule has 30 heavy (non-hydrogen) atoms. The maximum absolute atomic E-state index is 12.5. The van der Waals surface area contributed by atoms with E-state index < -0.39 is 0 Å². The largest absolute Gasteiger partial charge is 0.381 e. The Morgan fingerprint density at radius 3 is 2.93 bits per heavy atom. The Balaban J connectivity index is 1.49. The number of amides is 1. The first kappa shape index (κ1) is 20.3. The lowest BCUT2D eigenvalue weighted by Crippen LogP contribution is -2.37. The van der Waals surface area contributed by atoms with Crippen molar-refractivity contribution in [2.24, 2.45) is 5.92 Å². The van der Waals surface area contributed by atoms with Crippen LogP contribution in [0.4, 0.5) is 11.5 Å². The summed E-state index contributed by atoms with van der Waals surface area (Å²) >= 11 is 6.43. The lowest BCUT2D eigenvalue weighted by atomic mass is 9.99. The fourth-order valence-corrected chi connectivity index (χ4v) is 3.75. The van der Waals surface area contributed by atoms with Crippen molar-refractivity contribution in [3.05, 3.63) is 71.6 Å². The molecule has 1 fully saturated rings. The van der Waals surface area contributed by atoms with Crippen LogP contribution in [-0.4, -0.2) is 29.0 Å². The second kappa shape index (κ2) is 9.69. The number of nitrogens with zero attached hydrogens (tertiary/aromatic N) is 2. The molecule has 154 valence electrons. The van der Waals surface area contributed by atoms with E-state index in [0.29, 0.717) is 23.9 Å². The standard InChI is InChI=1S/C23H24ClN5O/c24-21-15-28-22(29-23(30)18-6-3-9-26-14-18)11-20(21)17-5-1-7-19(10-17)27-13-16-4-2-8-25-12-16/h1-2,4-5,7-8,10-12,15,18,26-27H,3,6,9,13-14H2,(H,28,29,30)/t18-/m1/s1. The van der Waals surface area contributed by atoms with Gasteiger partial charge in [0, 0.05) is 42.9 Å². The van der Waals surface area contributed by atoms with E-state index in [0.717, 1.165) is 41.8 Å². The molecule has 0 spiro atoms. The molecule has 7 heteroatoms. The highest BCUT2D eigenvalue weighted by Gasteiger charge is 2.21. The fraction of sp³-hybridized carbons (Fsp3) is 0.261. The van der Waals surface area contributed by atoms with Crippen LogP contribution in [0.25, 0.3) is 11.1 Å². The van der Waals surface area contributed by atoms with Crippen LogP contribution in [0, 0.1) is 5.92 Å². The first-order valence-electron chi connectivity index (χ1n) is 10.1. The van der Waals surface area contributed by atoms with Gasteiger partial charge in [0.2, 0.25) is 5.91 Å². The SMILES string of the molecule is O=C(Nc1cc(-c2cccc(NCc3cccnc3)c2)c(Cl)cn1)[C@@H]1CCCNC1. The van der Waals surface area contributed by atoms with E-state index in [4.69, 9.17) is 11.6 Å². The zero-order valence-electron chi connectivity index (χ0n) is 16.6. The van der Waals surface area contributed by atoms with Gasteiger partial charge in [-0.1, -0.05) is 29.8 Å². The lowest BCUT2D eigenvalue weighted by molar-refractivity contribution is -0.120. The number of hydrogen-bond donors (Lipinski definition) is 3. The van der Waals surface area contributed by atoms with Crippen LogP contribution in [0.15, 0.2) is 61.1 Å². The van der Waals surface area contributed by atoms with Crippen molar-refractivity contribution < 1.29 is 4.79 Å². The van der Waals surface area contributed by atoms with Crippen LogP contribution >= 0.6 is 11.6 Å². The van der Waals surface area contributed by atoms with E-state index in [1.165, 1.54) is 0 Å². The number of pyridine rings is 2. The van der Waals surface area contributed by atoms with Crippen molar-refractivity contribution in [2.75, 3.05) is 23.7 Å². The van der Waals surface area contributed by atoms with E-state index in [1.54, 1.807) is 12.4 Å². The minimum atomic E-state index is -0.0281. The molecule has 1 atom stereocenters. The summed E-state index contributed by atoms with van der Waals surface area (Å²) in [6, 6.07) is 13.8. The molecule has 0 unspecified atom stereocenters. The van der Waals surface area contributed by atoms with Gasteiger partial charge in [0.1, 0.15) is 5.82 Å². The number of hydrogen-bond acceptors (Lipinski definition) is 5. The van der Waals surface area contributed by atoms with E-state index in [9.17, 15) is 4.79 Å². The van der Waals surface area contributed by atoms with Crippen LogP contribution in [0.5, 0.6) is 0 Å². The minimum absolute atomic E-state index is 0.00476. The van der Waals surface area contributed by atoms with Gasteiger partial charge in [-0.05, 0) is 54.8 Å². The number of rotatable bonds is 6. The summed E-state index contributed by atoms with van der Waals surface area (Å²) in [5.41, 5.74) is 3.86. The summed E-state index contributed by atoms with van der Waals surface area (Å²) in [4.78, 5) is 21.0. The van der Waals surface area contributed by atoms with Crippen molar-refractivity contribution in [3.8, 4) is 11.1 Å². The summed E-state index contributed by atoms with van der Waals surface area (Å²) < 4.78 is 0. The zero-order valence-corrected chi connectivity index (χ0v) is 17.3. The van der Waals surface area contributed by atoms with Gasteiger partial charge in [0.25, 0.3) is 0 Å². The van der Waals surface area contributed by atoms with Gasteiger partial charge in [0.05, 0.1) is 10.9 Å². The van der Waals surface area contributed by atoms with E-state index in [-0.39, 0.29) is 11.8 Å². The molecule has 0 saturated carbocycles. The molecule has 1 aliphatic heterocycles. The van der Waals surface area contributed by atoms with Crippen molar-refractivity contribution in [2.45, 2.75) is 19.4 Å². The summed E-state index contributed by atoms with van der Waals surface area (Å²) in [5.74, 6) is 0.480. The molecule has 1 amide bonds. The number of anilines is 2. The number of halogens is 1. The van der Waals surface area contributed by atoms with Gasteiger partial charge in [0.15, 0.2) is 0 Å². The first-order chi connectivity index (χ1) is 14.7. The van der Waals surface area contributed by atoms with Crippen LogP contribution < -0.4 is 16.0 Å². The number of piperidine rings is 1. The Morgan fingerprint density at radius 2 is 2.13 bits per heavy atom. The highest BCUT2D eigenvalue weighted by Crippen LogP contribution is 2.31. The zero-order chi connectivity index (χ0) is 20.8. The van der Waals surface area contributed by atoms with Gasteiger partial charge in [-0.3, -0.25) is 9.78 Å². The van der Waals surface area contributed by atoms with E-state index in [1.807, 2.05) is 48.7 Å².